The number of alkyl halides is 3. The second-order valence-electron chi connectivity index (χ2n) is 8.24. The van der Waals surface area contributed by atoms with Crippen molar-refractivity contribution in [3.63, 3.8) is 0 Å². The molecule has 2 aromatic carbocycles. The van der Waals surface area contributed by atoms with Crippen molar-refractivity contribution in [2.45, 2.75) is 64.1 Å². The second kappa shape index (κ2) is 10.3. The van der Waals surface area contributed by atoms with Crippen LogP contribution in [0.25, 0.3) is 0 Å². The average Bonchev–Trinajstić information content (AvgIpc) is 2.73. The Morgan fingerprint density at radius 3 is 2.24 bits per heavy atom. The van der Waals surface area contributed by atoms with E-state index in [2.05, 4.69) is 36.1 Å². The zero-order valence-corrected chi connectivity index (χ0v) is 17.3. The molecule has 158 valence electrons. The molecule has 29 heavy (non-hydrogen) atoms. The molecule has 0 heterocycles. The van der Waals surface area contributed by atoms with Crippen LogP contribution in [0, 0.1) is 5.92 Å². The summed E-state index contributed by atoms with van der Waals surface area (Å²) in [5.41, 5.74) is 3.39. The third-order valence-corrected chi connectivity index (χ3v) is 6.23. The second-order valence-corrected chi connectivity index (χ2v) is 8.24. The maximum absolute atomic E-state index is 13.4. The van der Waals surface area contributed by atoms with E-state index in [0.29, 0.717) is 12.8 Å². The first-order valence-electron chi connectivity index (χ1n) is 10.9. The molecule has 2 atom stereocenters. The minimum Gasteiger partial charge on any atom is -0.299 e. The van der Waals surface area contributed by atoms with E-state index in [1.165, 1.54) is 11.1 Å². The van der Waals surface area contributed by atoms with Crippen molar-refractivity contribution in [1.29, 1.82) is 0 Å². The van der Waals surface area contributed by atoms with Gasteiger partial charge in [0.05, 0.1) is 5.92 Å². The molecule has 1 nitrogen and oxygen atoms in total. The summed E-state index contributed by atoms with van der Waals surface area (Å²) in [7, 11) is 0. The number of rotatable bonds is 8. The zero-order valence-electron chi connectivity index (χ0n) is 17.3. The van der Waals surface area contributed by atoms with Gasteiger partial charge in [-0.25, -0.2) is 0 Å². The summed E-state index contributed by atoms with van der Waals surface area (Å²) in [5, 5.41) is 0. The number of hydrogen-bond donors (Lipinski definition) is 0. The largest absolute Gasteiger partial charge is 0.392 e. The maximum Gasteiger partial charge on any atom is 0.392 e. The van der Waals surface area contributed by atoms with Crippen LogP contribution in [0.4, 0.5) is 13.2 Å². The van der Waals surface area contributed by atoms with E-state index in [-0.39, 0.29) is 12.3 Å². The predicted octanol–water partition coefficient (Wildman–Crippen LogP) is 6.98. The molecule has 2 unspecified atom stereocenters. The third-order valence-electron chi connectivity index (χ3n) is 6.23. The Morgan fingerprint density at radius 1 is 0.897 bits per heavy atom. The molecule has 3 rings (SSSR count). The standard InChI is InChI=1S/C25H32F3N/c1-2-29(19-21-9-4-3-5-10-21)18-8-11-20-14-16-22(17-15-20)23-12-6-7-13-24(23)25(26,27)28/h3-5,9-10,14-17,23-24H,2,6-8,11-13,18-19H2,1H3. The molecule has 0 spiro atoms. The van der Waals surface area contributed by atoms with Crippen molar-refractivity contribution in [3.8, 4) is 0 Å². The monoisotopic (exact) mass is 403 g/mol. The molecule has 0 N–H and O–H groups in total. The quantitative estimate of drug-likeness (QED) is 0.460. The third kappa shape index (κ3) is 6.33. The molecular weight excluding hydrogens is 371 g/mol. The average molecular weight is 404 g/mol. The normalized spacial score (nSPS) is 20.2. The first kappa shape index (κ1) is 21.9. The number of hydrogen-bond acceptors (Lipinski definition) is 1. The Labute approximate surface area is 172 Å². The summed E-state index contributed by atoms with van der Waals surface area (Å²) >= 11 is 0. The van der Waals surface area contributed by atoms with Crippen molar-refractivity contribution in [2.75, 3.05) is 13.1 Å². The zero-order chi connectivity index (χ0) is 20.7. The lowest BCUT2D eigenvalue weighted by Gasteiger charge is -2.33. The summed E-state index contributed by atoms with van der Waals surface area (Å²) in [6.07, 6.45) is 0.418. The van der Waals surface area contributed by atoms with Crippen LogP contribution in [0.15, 0.2) is 54.6 Å². The van der Waals surface area contributed by atoms with Crippen LogP contribution in [-0.4, -0.2) is 24.2 Å². The van der Waals surface area contributed by atoms with Gasteiger partial charge in [0, 0.05) is 6.54 Å². The van der Waals surface area contributed by atoms with Gasteiger partial charge in [0.1, 0.15) is 0 Å². The van der Waals surface area contributed by atoms with Gasteiger partial charge in [-0.15, -0.1) is 0 Å². The Hall–Kier alpha value is -1.81. The van der Waals surface area contributed by atoms with Crippen molar-refractivity contribution in [3.05, 3.63) is 71.3 Å². The van der Waals surface area contributed by atoms with Crippen LogP contribution in [0.1, 0.15) is 61.6 Å². The summed E-state index contributed by atoms with van der Waals surface area (Å²) in [6, 6.07) is 18.4. The summed E-state index contributed by atoms with van der Waals surface area (Å²) in [6.45, 7) is 5.16. The molecule has 0 aromatic heterocycles. The van der Waals surface area contributed by atoms with Gasteiger partial charge in [0.2, 0.25) is 0 Å². The van der Waals surface area contributed by atoms with Gasteiger partial charge in [-0.3, -0.25) is 4.90 Å². The molecule has 0 radical (unpaired) electrons. The SMILES string of the molecule is CCN(CCCc1ccc(C2CCCCC2C(F)(F)F)cc1)Cc1ccccc1. The highest BCUT2D eigenvalue weighted by atomic mass is 19.4. The van der Waals surface area contributed by atoms with Gasteiger partial charge < -0.3 is 0 Å². The topological polar surface area (TPSA) is 3.24 Å². The van der Waals surface area contributed by atoms with Crippen LogP contribution in [-0.2, 0) is 13.0 Å². The summed E-state index contributed by atoms with van der Waals surface area (Å²) < 4.78 is 40.2. The molecular formula is C25H32F3N. The minimum atomic E-state index is -4.09. The summed E-state index contributed by atoms with van der Waals surface area (Å²) in [4.78, 5) is 2.43. The van der Waals surface area contributed by atoms with E-state index in [1.807, 2.05) is 30.3 Å². The smallest absolute Gasteiger partial charge is 0.299 e. The van der Waals surface area contributed by atoms with Crippen LogP contribution < -0.4 is 0 Å². The molecule has 4 heteroatoms. The molecule has 1 fully saturated rings. The van der Waals surface area contributed by atoms with E-state index in [1.54, 1.807) is 0 Å². The lowest BCUT2D eigenvalue weighted by atomic mass is 9.75. The fourth-order valence-corrected chi connectivity index (χ4v) is 4.55. The molecule has 0 aliphatic heterocycles. The molecule has 0 saturated heterocycles. The predicted molar refractivity (Wildman–Crippen MR) is 113 cm³/mol. The highest BCUT2D eigenvalue weighted by Gasteiger charge is 2.45. The van der Waals surface area contributed by atoms with E-state index >= 15 is 0 Å². The van der Waals surface area contributed by atoms with E-state index in [9.17, 15) is 13.2 Å². The summed E-state index contributed by atoms with van der Waals surface area (Å²) in [5.74, 6) is -1.56. The lowest BCUT2D eigenvalue weighted by Crippen LogP contribution is -2.31. The first-order chi connectivity index (χ1) is 14.0. The Morgan fingerprint density at radius 2 is 1.59 bits per heavy atom. The van der Waals surface area contributed by atoms with E-state index in [4.69, 9.17) is 0 Å². The highest BCUT2D eigenvalue weighted by molar-refractivity contribution is 5.27. The van der Waals surface area contributed by atoms with Gasteiger partial charge in [-0.2, -0.15) is 13.2 Å². The minimum absolute atomic E-state index is 0.268. The number of aryl methyl sites for hydroxylation is 1. The van der Waals surface area contributed by atoms with Gasteiger partial charge in [-0.1, -0.05) is 74.4 Å². The van der Waals surface area contributed by atoms with Crippen molar-refractivity contribution in [1.82, 2.24) is 4.90 Å². The van der Waals surface area contributed by atoms with Crippen LogP contribution in [0.2, 0.25) is 0 Å². The lowest BCUT2D eigenvalue weighted by molar-refractivity contribution is -0.187. The molecule has 1 aliphatic rings. The Bertz CT molecular complexity index is 724. The molecule has 1 saturated carbocycles. The van der Waals surface area contributed by atoms with Gasteiger partial charge >= 0.3 is 6.18 Å². The van der Waals surface area contributed by atoms with Crippen LogP contribution >= 0.6 is 0 Å². The molecule has 0 amide bonds. The van der Waals surface area contributed by atoms with Gasteiger partial charge in [0.15, 0.2) is 0 Å². The van der Waals surface area contributed by atoms with Gasteiger partial charge in [0.25, 0.3) is 0 Å². The Balaban J connectivity index is 1.52. The fraction of sp³-hybridized carbons (Fsp3) is 0.520. The number of benzene rings is 2. The van der Waals surface area contributed by atoms with E-state index in [0.717, 1.165) is 44.5 Å². The van der Waals surface area contributed by atoms with Crippen molar-refractivity contribution < 1.29 is 13.2 Å². The highest BCUT2D eigenvalue weighted by Crippen LogP contribution is 2.46. The molecule has 2 aromatic rings. The van der Waals surface area contributed by atoms with Crippen LogP contribution in [0.5, 0.6) is 0 Å². The van der Waals surface area contributed by atoms with Crippen LogP contribution in [0.3, 0.4) is 0 Å². The van der Waals surface area contributed by atoms with Crippen molar-refractivity contribution >= 4 is 0 Å². The van der Waals surface area contributed by atoms with Gasteiger partial charge in [-0.05, 0) is 61.4 Å². The first-order valence-corrected chi connectivity index (χ1v) is 10.9. The number of halogens is 3. The molecule has 1 aliphatic carbocycles. The fourth-order valence-electron chi connectivity index (χ4n) is 4.55. The molecule has 0 bridgehead atoms. The number of nitrogens with zero attached hydrogens (tertiary/aromatic N) is 1. The Kier molecular flexibility index (Phi) is 7.77. The van der Waals surface area contributed by atoms with Crippen molar-refractivity contribution in [2.24, 2.45) is 5.92 Å². The maximum atomic E-state index is 13.4. The van der Waals surface area contributed by atoms with E-state index < -0.39 is 12.1 Å².